The zero-order valence-corrected chi connectivity index (χ0v) is 9.29. The minimum Gasteiger partial charge on any atom is -0.300 e. The van der Waals surface area contributed by atoms with Crippen LogP contribution in [0, 0.1) is 0 Å². The molecule has 0 saturated carbocycles. The Hall–Kier alpha value is -0.700. The Morgan fingerprint density at radius 3 is 2.31 bits per heavy atom. The first-order valence-electron chi connectivity index (χ1n) is 4.68. The number of rotatable bonds is 5. The monoisotopic (exact) mass is 184 g/mol. The van der Waals surface area contributed by atoms with Gasteiger partial charge in [-0.15, -0.1) is 0 Å². The van der Waals surface area contributed by atoms with Crippen molar-refractivity contribution in [3.63, 3.8) is 0 Å². The van der Waals surface area contributed by atoms with Crippen LogP contribution in [0.15, 0.2) is 4.99 Å². The zero-order valence-electron chi connectivity index (χ0n) is 9.29. The molecular formula is C10H20N2O. The number of carbonyl (C=O) groups is 1. The van der Waals surface area contributed by atoms with Gasteiger partial charge in [-0.2, -0.15) is 0 Å². The van der Waals surface area contributed by atoms with Gasteiger partial charge in [-0.1, -0.05) is 6.92 Å². The molecule has 0 aromatic heterocycles. The van der Waals surface area contributed by atoms with Crippen molar-refractivity contribution in [2.24, 2.45) is 4.99 Å². The van der Waals surface area contributed by atoms with Crippen molar-refractivity contribution in [3.05, 3.63) is 0 Å². The maximum atomic E-state index is 10.9. The van der Waals surface area contributed by atoms with Crippen LogP contribution in [-0.4, -0.2) is 36.7 Å². The summed E-state index contributed by atoms with van der Waals surface area (Å²) in [6, 6.07) is 0. The highest BCUT2D eigenvalue weighted by atomic mass is 16.1. The molecule has 0 saturated heterocycles. The number of aliphatic imine (C=N–C) groups is 1. The van der Waals surface area contributed by atoms with Crippen LogP contribution >= 0.6 is 0 Å². The molecule has 3 heteroatoms. The zero-order chi connectivity index (χ0) is 10.4. The number of Topliss-reactive ketones (excluding diaryl/α,β-unsaturated/α-hetero) is 1. The van der Waals surface area contributed by atoms with Gasteiger partial charge in [0.15, 0.2) is 0 Å². The van der Waals surface area contributed by atoms with Gasteiger partial charge in [-0.25, -0.2) is 0 Å². The molecule has 1 unspecified atom stereocenters. The van der Waals surface area contributed by atoms with E-state index in [4.69, 9.17) is 0 Å². The van der Waals surface area contributed by atoms with Gasteiger partial charge in [-0.05, 0) is 34.4 Å². The first-order chi connectivity index (χ1) is 5.97. The summed E-state index contributed by atoms with van der Waals surface area (Å²) >= 11 is 0. The largest absolute Gasteiger partial charge is 0.300 e. The fourth-order valence-corrected chi connectivity index (χ4v) is 0.929. The SMILES string of the molecule is CC/C(CC(C)=O)=N\C(C)N(C)C. The van der Waals surface area contributed by atoms with E-state index >= 15 is 0 Å². The van der Waals surface area contributed by atoms with E-state index in [9.17, 15) is 4.79 Å². The lowest BCUT2D eigenvalue weighted by molar-refractivity contribution is -0.115. The molecule has 0 aromatic carbocycles. The van der Waals surface area contributed by atoms with E-state index in [1.165, 1.54) is 0 Å². The third-order valence-electron chi connectivity index (χ3n) is 1.98. The van der Waals surface area contributed by atoms with Gasteiger partial charge in [0.2, 0.25) is 0 Å². The van der Waals surface area contributed by atoms with Crippen molar-refractivity contribution in [1.29, 1.82) is 0 Å². The standard InChI is InChI=1S/C10H20N2O/c1-6-10(7-8(2)13)11-9(3)12(4)5/h9H,6-7H2,1-5H3/b11-10+. The van der Waals surface area contributed by atoms with Crippen LogP contribution in [0.4, 0.5) is 0 Å². The van der Waals surface area contributed by atoms with E-state index in [1.54, 1.807) is 6.92 Å². The summed E-state index contributed by atoms with van der Waals surface area (Å²) in [4.78, 5) is 17.3. The van der Waals surface area contributed by atoms with E-state index in [2.05, 4.69) is 4.99 Å². The first kappa shape index (κ1) is 12.3. The summed E-state index contributed by atoms with van der Waals surface area (Å²) in [6.45, 7) is 5.66. The number of hydrogen-bond acceptors (Lipinski definition) is 3. The molecule has 3 nitrogen and oxygen atoms in total. The second-order valence-electron chi connectivity index (χ2n) is 3.52. The Bertz CT molecular complexity index is 197. The molecular weight excluding hydrogens is 164 g/mol. The van der Waals surface area contributed by atoms with E-state index < -0.39 is 0 Å². The van der Waals surface area contributed by atoms with Gasteiger partial charge in [-0.3, -0.25) is 14.7 Å². The van der Waals surface area contributed by atoms with E-state index in [-0.39, 0.29) is 11.9 Å². The van der Waals surface area contributed by atoms with Crippen molar-refractivity contribution in [2.45, 2.75) is 39.8 Å². The molecule has 0 amide bonds. The van der Waals surface area contributed by atoms with Crippen LogP contribution in [0.5, 0.6) is 0 Å². The number of carbonyl (C=O) groups excluding carboxylic acids is 1. The normalized spacial score (nSPS) is 14.8. The van der Waals surface area contributed by atoms with Crippen LogP contribution in [0.3, 0.4) is 0 Å². The van der Waals surface area contributed by atoms with Crippen LogP contribution in [0.25, 0.3) is 0 Å². The van der Waals surface area contributed by atoms with E-state index in [0.29, 0.717) is 6.42 Å². The lowest BCUT2D eigenvalue weighted by Gasteiger charge is -2.16. The third kappa shape index (κ3) is 5.53. The summed E-state index contributed by atoms with van der Waals surface area (Å²) in [5.41, 5.74) is 0.994. The number of nitrogens with zero attached hydrogens (tertiary/aromatic N) is 2. The summed E-state index contributed by atoms with van der Waals surface area (Å²) < 4.78 is 0. The van der Waals surface area contributed by atoms with E-state index in [0.717, 1.165) is 12.1 Å². The second-order valence-corrected chi connectivity index (χ2v) is 3.52. The maximum Gasteiger partial charge on any atom is 0.135 e. The molecule has 0 rings (SSSR count). The molecule has 0 bridgehead atoms. The smallest absolute Gasteiger partial charge is 0.135 e. The summed E-state index contributed by atoms with van der Waals surface area (Å²) in [5, 5.41) is 0. The molecule has 0 heterocycles. The number of ketones is 1. The summed E-state index contributed by atoms with van der Waals surface area (Å²) in [5.74, 6) is 0.187. The highest BCUT2D eigenvalue weighted by Gasteiger charge is 2.05. The first-order valence-corrected chi connectivity index (χ1v) is 4.68. The molecule has 0 spiro atoms. The van der Waals surface area contributed by atoms with Crippen LogP contribution in [0.2, 0.25) is 0 Å². The van der Waals surface area contributed by atoms with Gasteiger partial charge in [0.05, 0.1) is 6.17 Å². The molecule has 0 fully saturated rings. The van der Waals surface area contributed by atoms with Crippen LogP contribution in [0.1, 0.15) is 33.6 Å². The van der Waals surface area contributed by atoms with Crippen molar-refractivity contribution >= 4 is 11.5 Å². The van der Waals surface area contributed by atoms with Gasteiger partial charge in [0.1, 0.15) is 5.78 Å². The predicted octanol–water partition coefficient (Wildman–Crippen LogP) is 1.72. The van der Waals surface area contributed by atoms with Gasteiger partial charge < -0.3 is 0 Å². The third-order valence-corrected chi connectivity index (χ3v) is 1.98. The Kier molecular flexibility index (Phi) is 5.55. The number of hydrogen-bond donors (Lipinski definition) is 0. The molecule has 76 valence electrons. The van der Waals surface area contributed by atoms with Crippen LogP contribution < -0.4 is 0 Å². The van der Waals surface area contributed by atoms with Crippen molar-refractivity contribution in [1.82, 2.24) is 4.90 Å². The average Bonchev–Trinajstić information content (AvgIpc) is 2.02. The Morgan fingerprint density at radius 2 is 2.00 bits per heavy atom. The van der Waals surface area contributed by atoms with Crippen LogP contribution in [-0.2, 0) is 4.79 Å². The molecule has 0 radical (unpaired) electrons. The van der Waals surface area contributed by atoms with Crippen molar-refractivity contribution in [2.75, 3.05) is 14.1 Å². The molecule has 1 atom stereocenters. The summed E-state index contributed by atoms with van der Waals surface area (Å²) in [7, 11) is 3.96. The average molecular weight is 184 g/mol. The molecule has 0 N–H and O–H groups in total. The molecule has 13 heavy (non-hydrogen) atoms. The molecule has 0 aliphatic rings. The van der Waals surface area contributed by atoms with Crippen molar-refractivity contribution < 1.29 is 4.79 Å². The minimum atomic E-state index is 0.161. The van der Waals surface area contributed by atoms with E-state index in [1.807, 2.05) is 32.8 Å². The predicted molar refractivity (Wildman–Crippen MR) is 56.2 cm³/mol. The van der Waals surface area contributed by atoms with Gasteiger partial charge in [0.25, 0.3) is 0 Å². The molecule has 0 aliphatic heterocycles. The quantitative estimate of drug-likeness (QED) is 0.609. The Morgan fingerprint density at radius 1 is 1.46 bits per heavy atom. The Labute approximate surface area is 80.8 Å². The summed E-state index contributed by atoms with van der Waals surface area (Å²) in [6.07, 6.45) is 1.51. The maximum absolute atomic E-state index is 10.9. The lowest BCUT2D eigenvalue weighted by Crippen LogP contribution is -2.24. The fourth-order valence-electron chi connectivity index (χ4n) is 0.929. The molecule has 0 aromatic rings. The Balaban J connectivity index is 4.28. The topological polar surface area (TPSA) is 32.7 Å². The highest BCUT2D eigenvalue weighted by Crippen LogP contribution is 2.00. The fraction of sp³-hybridized carbons (Fsp3) is 0.800. The lowest BCUT2D eigenvalue weighted by atomic mass is 10.1. The van der Waals surface area contributed by atoms with Gasteiger partial charge in [0, 0.05) is 12.1 Å². The second kappa shape index (κ2) is 5.86. The molecule has 0 aliphatic carbocycles. The minimum absolute atomic E-state index is 0.161. The van der Waals surface area contributed by atoms with Gasteiger partial charge >= 0.3 is 0 Å². The highest BCUT2D eigenvalue weighted by molar-refractivity contribution is 6.00. The van der Waals surface area contributed by atoms with Crippen molar-refractivity contribution in [3.8, 4) is 0 Å².